The van der Waals surface area contributed by atoms with Gasteiger partial charge in [-0.05, 0) is 42.7 Å². The predicted molar refractivity (Wildman–Crippen MR) is 114 cm³/mol. The zero-order chi connectivity index (χ0) is 21.2. The number of nitrogens with zero attached hydrogens (tertiary/aromatic N) is 1. The Bertz CT molecular complexity index is 1100. The molecule has 0 radical (unpaired) electrons. The topological polar surface area (TPSA) is 83.5 Å². The summed E-state index contributed by atoms with van der Waals surface area (Å²) in [5.41, 5.74) is 6.65. The third-order valence-electron chi connectivity index (χ3n) is 5.70. The van der Waals surface area contributed by atoms with Gasteiger partial charge in [-0.25, -0.2) is 0 Å². The van der Waals surface area contributed by atoms with Gasteiger partial charge in [-0.15, -0.1) is 0 Å². The molecule has 3 aromatic rings. The van der Waals surface area contributed by atoms with Gasteiger partial charge in [0.1, 0.15) is 17.0 Å². The maximum absolute atomic E-state index is 13.3. The lowest BCUT2D eigenvalue weighted by molar-refractivity contribution is -0.126. The van der Waals surface area contributed by atoms with Crippen LogP contribution in [0.3, 0.4) is 0 Å². The van der Waals surface area contributed by atoms with E-state index in [0.29, 0.717) is 40.8 Å². The van der Waals surface area contributed by atoms with E-state index in [2.05, 4.69) is 0 Å². The van der Waals surface area contributed by atoms with Gasteiger partial charge in [0.25, 0.3) is 0 Å². The molecule has 2 N–H and O–H groups in total. The van der Waals surface area contributed by atoms with E-state index in [1.165, 1.54) is 0 Å². The minimum Gasteiger partial charge on any atom is -0.497 e. The molecule has 0 spiro atoms. The number of pyridine rings is 1. The van der Waals surface area contributed by atoms with Crippen molar-refractivity contribution in [1.29, 1.82) is 0 Å². The van der Waals surface area contributed by atoms with Crippen LogP contribution in [0.15, 0.2) is 53.5 Å². The van der Waals surface area contributed by atoms with Crippen LogP contribution in [0.5, 0.6) is 11.5 Å². The molecule has 0 saturated carbocycles. The van der Waals surface area contributed by atoms with E-state index in [1.54, 1.807) is 50.7 Å². The Morgan fingerprint density at radius 3 is 2.10 bits per heavy atom. The van der Waals surface area contributed by atoms with Gasteiger partial charge in [-0.1, -0.05) is 26.0 Å². The number of amides is 1. The number of hydrogen-bond donors (Lipinski definition) is 1. The zero-order valence-corrected chi connectivity index (χ0v) is 17.2. The zero-order valence-electron chi connectivity index (χ0n) is 17.2. The summed E-state index contributed by atoms with van der Waals surface area (Å²) in [4.78, 5) is 25.9. The van der Waals surface area contributed by atoms with E-state index in [9.17, 15) is 9.59 Å². The SMILES string of the molecule is CCC(CC)(C(N)=O)n1cc(-c2ccc(OC)cc2)c(=O)c2ccc(OC)cc21. The number of methoxy groups -OCH3 is 2. The van der Waals surface area contributed by atoms with Crippen molar-refractivity contribution in [2.45, 2.75) is 32.2 Å². The van der Waals surface area contributed by atoms with E-state index in [4.69, 9.17) is 15.2 Å². The number of fused-ring (bicyclic) bond motifs is 1. The second-order valence-corrected chi connectivity index (χ2v) is 6.96. The van der Waals surface area contributed by atoms with Crippen LogP contribution >= 0.6 is 0 Å². The normalized spacial score (nSPS) is 11.4. The Morgan fingerprint density at radius 2 is 1.59 bits per heavy atom. The van der Waals surface area contributed by atoms with Gasteiger partial charge in [0.2, 0.25) is 5.91 Å². The third-order valence-corrected chi connectivity index (χ3v) is 5.70. The van der Waals surface area contributed by atoms with Crippen LogP contribution in [-0.4, -0.2) is 24.7 Å². The molecule has 1 amide bonds. The molecule has 6 nitrogen and oxygen atoms in total. The Balaban J connectivity index is 2.42. The van der Waals surface area contributed by atoms with E-state index in [-0.39, 0.29) is 5.43 Å². The number of ether oxygens (including phenoxy) is 2. The van der Waals surface area contributed by atoms with Crippen molar-refractivity contribution in [3.8, 4) is 22.6 Å². The molecule has 1 aromatic heterocycles. The standard InChI is InChI=1S/C23H26N2O4/c1-5-23(6-2,22(24)27)25-14-19(15-7-9-16(28-3)10-8-15)21(26)18-12-11-17(29-4)13-20(18)25/h7-14H,5-6H2,1-4H3,(H2,24,27). The fourth-order valence-electron chi connectivity index (χ4n) is 3.82. The lowest BCUT2D eigenvalue weighted by Gasteiger charge is -2.33. The summed E-state index contributed by atoms with van der Waals surface area (Å²) in [6, 6.07) is 12.5. The molecule has 0 bridgehead atoms. The van der Waals surface area contributed by atoms with Crippen LogP contribution in [-0.2, 0) is 10.3 Å². The molecule has 0 unspecified atom stereocenters. The van der Waals surface area contributed by atoms with Crippen molar-refractivity contribution in [3.05, 3.63) is 58.9 Å². The molecule has 0 fully saturated rings. The molecule has 0 aliphatic heterocycles. The summed E-state index contributed by atoms with van der Waals surface area (Å²) in [5, 5.41) is 0.506. The first-order valence-electron chi connectivity index (χ1n) is 9.60. The maximum Gasteiger partial charge on any atom is 0.243 e. The smallest absolute Gasteiger partial charge is 0.243 e. The quantitative estimate of drug-likeness (QED) is 0.662. The van der Waals surface area contributed by atoms with Crippen LogP contribution in [0.1, 0.15) is 26.7 Å². The number of aromatic nitrogens is 1. The highest BCUT2D eigenvalue weighted by Gasteiger charge is 2.36. The molecule has 29 heavy (non-hydrogen) atoms. The monoisotopic (exact) mass is 394 g/mol. The van der Waals surface area contributed by atoms with Gasteiger partial charge in [0, 0.05) is 23.2 Å². The second-order valence-electron chi connectivity index (χ2n) is 6.96. The van der Waals surface area contributed by atoms with Gasteiger partial charge in [0.15, 0.2) is 5.43 Å². The number of carbonyl (C=O) groups is 1. The number of hydrogen-bond acceptors (Lipinski definition) is 4. The number of primary amides is 1. The van der Waals surface area contributed by atoms with Crippen molar-refractivity contribution in [2.75, 3.05) is 14.2 Å². The second kappa shape index (κ2) is 7.99. The van der Waals surface area contributed by atoms with Gasteiger partial charge in [-0.2, -0.15) is 0 Å². The molecular weight excluding hydrogens is 368 g/mol. The summed E-state index contributed by atoms with van der Waals surface area (Å²) >= 11 is 0. The first-order valence-corrected chi connectivity index (χ1v) is 9.60. The molecule has 1 heterocycles. The van der Waals surface area contributed by atoms with E-state index in [1.807, 2.05) is 30.5 Å². The van der Waals surface area contributed by atoms with Crippen LogP contribution in [0.25, 0.3) is 22.0 Å². The Hall–Kier alpha value is -3.28. The van der Waals surface area contributed by atoms with Crippen LogP contribution in [0.4, 0.5) is 0 Å². The molecule has 0 atom stereocenters. The summed E-state index contributed by atoms with van der Waals surface area (Å²) in [6.45, 7) is 3.84. The van der Waals surface area contributed by atoms with Gasteiger partial charge in [0.05, 0.1) is 19.7 Å². The van der Waals surface area contributed by atoms with Gasteiger partial charge < -0.3 is 19.8 Å². The van der Waals surface area contributed by atoms with Crippen molar-refractivity contribution >= 4 is 16.8 Å². The highest BCUT2D eigenvalue weighted by atomic mass is 16.5. The van der Waals surface area contributed by atoms with Gasteiger partial charge in [-0.3, -0.25) is 9.59 Å². The first kappa shape index (κ1) is 20.5. The molecule has 0 saturated heterocycles. The summed E-state index contributed by atoms with van der Waals surface area (Å²) in [5.74, 6) is 0.873. The molecule has 0 aliphatic rings. The Morgan fingerprint density at radius 1 is 1.00 bits per heavy atom. The first-order chi connectivity index (χ1) is 13.9. The number of nitrogens with two attached hydrogens (primary N) is 1. The average Bonchev–Trinajstić information content (AvgIpc) is 2.75. The molecule has 2 aromatic carbocycles. The van der Waals surface area contributed by atoms with E-state index < -0.39 is 11.4 Å². The summed E-state index contributed by atoms with van der Waals surface area (Å²) in [7, 11) is 3.16. The van der Waals surface area contributed by atoms with E-state index >= 15 is 0 Å². The average molecular weight is 394 g/mol. The largest absolute Gasteiger partial charge is 0.497 e. The fraction of sp³-hybridized carbons (Fsp3) is 0.304. The maximum atomic E-state index is 13.3. The number of rotatable bonds is 7. The summed E-state index contributed by atoms with van der Waals surface area (Å²) < 4.78 is 12.4. The minimum atomic E-state index is -0.959. The van der Waals surface area contributed by atoms with Crippen LogP contribution in [0.2, 0.25) is 0 Å². The van der Waals surface area contributed by atoms with Crippen molar-refractivity contribution in [3.63, 3.8) is 0 Å². The van der Waals surface area contributed by atoms with Crippen LogP contribution < -0.4 is 20.6 Å². The molecular formula is C23H26N2O4. The molecule has 6 heteroatoms. The highest BCUT2D eigenvalue weighted by Crippen LogP contribution is 2.32. The highest BCUT2D eigenvalue weighted by molar-refractivity contribution is 5.90. The van der Waals surface area contributed by atoms with Crippen molar-refractivity contribution in [2.24, 2.45) is 5.73 Å². The third kappa shape index (κ3) is 3.35. The van der Waals surface area contributed by atoms with Crippen molar-refractivity contribution in [1.82, 2.24) is 4.57 Å². The molecule has 152 valence electrons. The molecule has 3 rings (SSSR count). The fourth-order valence-corrected chi connectivity index (χ4v) is 3.82. The van der Waals surface area contributed by atoms with Crippen LogP contribution in [0, 0.1) is 0 Å². The predicted octanol–water partition coefficient (Wildman–Crippen LogP) is 3.69. The van der Waals surface area contributed by atoms with Crippen molar-refractivity contribution < 1.29 is 14.3 Å². The number of carbonyl (C=O) groups excluding carboxylic acids is 1. The minimum absolute atomic E-state index is 0.116. The lowest BCUT2D eigenvalue weighted by Crippen LogP contribution is -2.46. The summed E-state index contributed by atoms with van der Waals surface area (Å²) in [6.07, 6.45) is 2.73. The number of benzene rings is 2. The molecule has 0 aliphatic carbocycles. The van der Waals surface area contributed by atoms with Gasteiger partial charge >= 0.3 is 0 Å². The Kier molecular flexibility index (Phi) is 5.64. The van der Waals surface area contributed by atoms with E-state index in [0.717, 1.165) is 5.56 Å². The lowest BCUT2D eigenvalue weighted by atomic mass is 9.89. The Labute approximate surface area is 169 Å².